The Hall–Kier alpha value is -1.15. The summed E-state index contributed by atoms with van der Waals surface area (Å²) in [5, 5.41) is 75.7. The predicted molar refractivity (Wildman–Crippen MR) is 247 cm³/mol. The minimum Gasteiger partial charge on any atom is -0.394 e. The molecule has 9 unspecified atom stereocenters. The second-order valence-corrected chi connectivity index (χ2v) is 18.2. The third-order valence-corrected chi connectivity index (χ3v) is 12.6. The quantitative estimate of drug-likeness (QED) is 0.0217. The molecule has 0 saturated carbocycles. The molecule has 0 spiro atoms. The van der Waals surface area contributed by atoms with Crippen LogP contribution in [0.4, 0.5) is 0 Å². The lowest BCUT2D eigenvalue weighted by Gasteiger charge is -2.40. The molecule has 1 saturated heterocycles. The number of carbonyl (C=O) groups is 1. The molecule has 61 heavy (non-hydrogen) atoms. The molecule has 1 amide bonds. The van der Waals surface area contributed by atoms with E-state index in [1.54, 1.807) is 0 Å². The van der Waals surface area contributed by atoms with E-state index in [2.05, 4.69) is 31.3 Å². The van der Waals surface area contributed by atoms with E-state index in [0.717, 1.165) is 38.5 Å². The summed E-state index contributed by atoms with van der Waals surface area (Å²) in [7, 11) is 0. The van der Waals surface area contributed by atoms with Crippen molar-refractivity contribution < 1.29 is 50.0 Å². The third-order valence-electron chi connectivity index (χ3n) is 12.6. The van der Waals surface area contributed by atoms with Crippen LogP contribution >= 0.6 is 0 Å². The van der Waals surface area contributed by atoms with Crippen LogP contribution in [-0.2, 0) is 14.3 Å². The van der Waals surface area contributed by atoms with Gasteiger partial charge in [0.05, 0.1) is 25.4 Å². The van der Waals surface area contributed by atoms with Gasteiger partial charge in [0, 0.05) is 0 Å². The Morgan fingerprint density at radius 2 is 0.967 bits per heavy atom. The second-order valence-electron chi connectivity index (χ2n) is 18.2. The van der Waals surface area contributed by atoms with Gasteiger partial charge >= 0.3 is 0 Å². The van der Waals surface area contributed by atoms with E-state index in [4.69, 9.17) is 9.47 Å². The van der Waals surface area contributed by atoms with Crippen molar-refractivity contribution in [3.8, 4) is 0 Å². The van der Waals surface area contributed by atoms with Crippen molar-refractivity contribution in [3.63, 3.8) is 0 Å². The van der Waals surface area contributed by atoms with E-state index in [1.165, 1.54) is 154 Å². The minimum atomic E-state index is -1.66. The topological polar surface area (TPSA) is 189 Å². The SMILES string of the molecule is CCCCCCCCC/C=C/CCCC(O)C(O)C(COC1OC(CO)C(O)C(O)C1O)NC(=O)C(O)CCCCCCCCCCCCCCCCCCCCCCCC. The molecular weight excluding hydrogens is 775 g/mol. The number of carbonyl (C=O) groups excluding carboxylic acids is 1. The highest BCUT2D eigenvalue weighted by Gasteiger charge is 2.44. The van der Waals surface area contributed by atoms with Crippen LogP contribution in [0.25, 0.3) is 0 Å². The molecule has 11 heteroatoms. The van der Waals surface area contributed by atoms with Crippen LogP contribution in [0.5, 0.6) is 0 Å². The van der Waals surface area contributed by atoms with E-state index in [-0.39, 0.29) is 12.8 Å². The molecule has 1 aliphatic rings. The van der Waals surface area contributed by atoms with Gasteiger partial charge < -0.3 is 50.5 Å². The lowest BCUT2D eigenvalue weighted by molar-refractivity contribution is -0.303. The number of hydrogen-bond donors (Lipinski definition) is 8. The van der Waals surface area contributed by atoms with Crippen molar-refractivity contribution in [1.82, 2.24) is 5.32 Å². The van der Waals surface area contributed by atoms with Crippen molar-refractivity contribution >= 4 is 5.91 Å². The summed E-state index contributed by atoms with van der Waals surface area (Å²) in [6.45, 7) is 3.43. The minimum absolute atomic E-state index is 0.259. The molecule has 1 heterocycles. The molecule has 1 fully saturated rings. The molecule has 0 aromatic heterocycles. The van der Waals surface area contributed by atoms with E-state index >= 15 is 0 Å². The van der Waals surface area contributed by atoms with Crippen LogP contribution in [0.3, 0.4) is 0 Å². The lowest BCUT2D eigenvalue weighted by Crippen LogP contribution is -2.60. The summed E-state index contributed by atoms with van der Waals surface area (Å²) in [5.41, 5.74) is 0. The summed E-state index contributed by atoms with van der Waals surface area (Å²) < 4.78 is 11.1. The Labute approximate surface area is 372 Å². The number of nitrogens with one attached hydrogen (secondary N) is 1. The first-order valence-electron chi connectivity index (χ1n) is 25.6. The summed E-state index contributed by atoms with van der Waals surface area (Å²) in [5.74, 6) is -0.703. The summed E-state index contributed by atoms with van der Waals surface area (Å²) in [6.07, 6.45) is 32.7. The van der Waals surface area contributed by atoms with Crippen molar-refractivity contribution in [2.24, 2.45) is 0 Å². The molecule has 1 aliphatic heterocycles. The van der Waals surface area contributed by atoms with Gasteiger partial charge in [0.25, 0.3) is 0 Å². The number of allylic oxidation sites excluding steroid dienone is 2. The van der Waals surface area contributed by atoms with Crippen molar-refractivity contribution in [2.75, 3.05) is 13.2 Å². The van der Waals surface area contributed by atoms with Crippen LogP contribution in [0, 0.1) is 0 Å². The van der Waals surface area contributed by atoms with Gasteiger partial charge in [-0.2, -0.15) is 0 Å². The maximum absolute atomic E-state index is 13.1. The van der Waals surface area contributed by atoms with E-state index < -0.39 is 74.2 Å². The first-order chi connectivity index (χ1) is 29.7. The van der Waals surface area contributed by atoms with Crippen molar-refractivity contribution in [3.05, 3.63) is 12.2 Å². The molecular formula is C50H97NO10. The molecule has 0 aromatic rings. The van der Waals surface area contributed by atoms with Gasteiger partial charge in [0.15, 0.2) is 6.29 Å². The predicted octanol–water partition coefficient (Wildman–Crippen LogP) is 9.23. The van der Waals surface area contributed by atoms with Gasteiger partial charge in [-0.25, -0.2) is 0 Å². The largest absolute Gasteiger partial charge is 0.394 e. The standard InChI is InChI=1S/C50H97NO10/c1-3-5-7-9-11-13-15-17-18-19-20-21-22-23-24-25-26-28-30-32-34-36-38-43(54)49(59)51-41(40-60-50-48(58)47(57)46(56)44(39-52)61-50)45(55)42(53)37-35-33-31-29-27-16-14-12-10-8-6-4-2/h29,31,41-48,50,52-58H,3-28,30,32-40H2,1-2H3,(H,51,59)/b31-29+. The maximum Gasteiger partial charge on any atom is 0.249 e. The fourth-order valence-electron chi connectivity index (χ4n) is 8.32. The third kappa shape index (κ3) is 29.8. The molecule has 362 valence electrons. The number of hydrogen-bond acceptors (Lipinski definition) is 10. The van der Waals surface area contributed by atoms with Gasteiger partial charge in [-0.05, 0) is 38.5 Å². The molecule has 1 rings (SSSR count). The van der Waals surface area contributed by atoms with Crippen molar-refractivity contribution in [2.45, 2.75) is 287 Å². The lowest BCUT2D eigenvalue weighted by atomic mass is 9.98. The molecule has 0 bridgehead atoms. The van der Waals surface area contributed by atoms with E-state index in [9.17, 15) is 40.5 Å². The molecule has 0 aliphatic carbocycles. The highest BCUT2D eigenvalue weighted by Crippen LogP contribution is 2.23. The molecule has 9 atom stereocenters. The number of unbranched alkanes of at least 4 members (excludes halogenated alkanes) is 29. The average molecular weight is 872 g/mol. The van der Waals surface area contributed by atoms with Crippen LogP contribution in [0.15, 0.2) is 12.2 Å². The average Bonchev–Trinajstić information content (AvgIpc) is 3.26. The Bertz CT molecular complexity index is 1000. The van der Waals surface area contributed by atoms with Gasteiger partial charge in [0.2, 0.25) is 5.91 Å². The van der Waals surface area contributed by atoms with Crippen LogP contribution in [-0.4, -0.2) is 110 Å². The highest BCUT2D eigenvalue weighted by molar-refractivity contribution is 5.80. The highest BCUT2D eigenvalue weighted by atomic mass is 16.7. The zero-order valence-electron chi connectivity index (χ0n) is 39.2. The molecule has 8 N–H and O–H groups in total. The maximum atomic E-state index is 13.1. The normalized spacial score (nSPS) is 21.5. The van der Waals surface area contributed by atoms with Crippen LogP contribution < -0.4 is 5.32 Å². The first-order valence-corrected chi connectivity index (χ1v) is 25.6. The number of ether oxygens (including phenoxy) is 2. The fraction of sp³-hybridized carbons (Fsp3) is 0.940. The summed E-state index contributed by atoms with van der Waals surface area (Å²) in [4.78, 5) is 13.1. The fourth-order valence-corrected chi connectivity index (χ4v) is 8.32. The van der Waals surface area contributed by atoms with Gasteiger partial charge in [-0.3, -0.25) is 4.79 Å². The zero-order valence-corrected chi connectivity index (χ0v) is 39.2. The van der Waals surface area contributed by atoms with E-state index in [1.807, 2.05) is 0 Å². The molecule has 0 aromatic carbocycles. The number of rotatable bonds is 43. The van der Waals surface area contributed by atoms with Crippen LogP contribution in [0.1, 0.15) is 232 Å². The summed E-state index contributed by atoms with van der Waals surface area (Å²) in [6, 6.07) is -1.18. The van der Waals surface area contributed by atoms with Crippen LogP contribution in [0.2, 0.25) is 0 Å². The first kappa shape index (κ1) is 57.9. The zero-order chi connectivity index (χ0) is 44.8. The van der Waals surface area contributed by atoms with Gasteiger partial charge in [-0.1, -0.05) is 206 Å². The number of aliphatic hydroxyl groups is 7. The summed E-state index contributed by atoms with van der Waals surface area (Å²) >= 11 is 0. The van der Waals surface area contributed by atoms with E-state index in [0.29, 0.717) is 12.8 Å². The monoisotopic (exact) mass is 872 g/mol. The molecule has 11 nitrogen and oxygen atoms in total. The second kappa shape index (κ2) is 40.4. The van der Waals surface area contributed by atoms with Crippen molar-refractivity contribution in [1.29, 1.82) is 0 Å². The number of amides is 1. The Morgan fingerprint density at radius 1 is 0.557 bits per heavy atom. The number of aliphatic hydroxyl groups excluding tert-OH is 7. The molecule has 0 radical (unpaired) electrons. The van der Waals surface area contributed by atoms with Gasteiger partial charge in [0.1, 0.15) is 36.6 Å². The Kier molecular flexibility index (Phi) is 38.3. The smallest absolute Gasteiger partial charge is 0.249 e. The Morgan fingerprint density at radius 3 is 1.41 bits per heavy atom. The van der Waals surface area contributed by atoms with Gasteiger partial charge in [-0.15, -0.1) is 0 Å². The Balaban J connectivity index is 2.35.